The Bertz CT molecular complexity index is 173. The average Bonchev–Trinajstić information content (AvgIpc) is 2.25. The van der Waals surface area contributed by atoms with Gasteiger partial charge in [-0.3, -0.25) is 4.79 Å². The maximum absolute atomic E-state index is 11.5. The van der Waals surface area contributed by atoms with Crippen LogP contribution in [-0.4, -0.2) is 23.5 Å². The second-order valence-corrected chi connectivity index (χ2v) is 5.66. The second kappa shape index (κ2) is 11.3. The van der Waals surface area contributed by atoms with Gasteiger partial charge in [-0.1, -0.05) is 39.5 Å². The van der Waals surface area contributed by atoms with E-state index in [1.807, 2.05) is 11.8 Å². The highest BCUT2D eigenvalue weighted by molar-refractivity contribution is 7.99. The van der Waals surface area contributed by atoms with Gasteiger partial charge in [0, 0.05) is 18.2 Å². The van der Waals surface area contributed by atoms with Crippen molar-refractivity contribution in [2.24, 2.45) is 0 Å². The van der Waals surface area contributed by atoms with Gasteiger partial charge >= 0.3 is 0 Å². The smallest absolute Gasteiger partial charge is 0.221 e. The van der Waals surface area contributed by atoms with Crippen molar-refractivity contribution in [1.82, 2.24) is 5.32 Å². The van der Waals surface area contributed by atoms with Crippen LogP contribution < -0.4 is 5.32 Å². The second-order valence-electron chi connectivity index (χ2n) is 4.26. The van der Waals surface area contributed by atoms with Crippen molar-refractivity contribution in [2.45, 2.75) is 65.3 Å². The molecule has 3 heteroatoms. The van der Waals surface area contributed by atoms with Crippen molar-refractivity contribution in [1.29, 1.82) is 0 Å². The largest absolute Gasteiger partial charge is 0.354 e. The molecule has 0 bridgehead atoms. The molecule has 0 aromatic rings. The highest BCUT2D eigenvalue weighted by Gasteiger charge is 2.06. The summed E-state index contributed by atoms with van der Waals surface area (Å²) in [4.78, 5) is 11.5. The van der Waals surface area contributed by atoms with Crippen LogP contribution in [0.3, 0.4) is 0 Å². The Hall–Kier alpha value is -0.180. The molecule has 96 valence electrons. The van der Waals surface area contributed by atoms with E-state index in [-0.39, 0.29) is 5.91 Å². The Morgan fingerprint density at radius 1 is 1.25 bits per heavy atom. The van der Waals surface area contributed by atoms with Gasteiger partial charge in [0.2, 0.25) is 5.91 Å². The first-order chi connectivity index (χ1) is 7.70. The fraction of sp³-hybridized carbons (Fsp3) is 0.923. The van der Waals surface area contributed by atoms with Crippen molar-refractivity contribution in [3.05, 3.63) is 0 Å². The minimum atomic E-state index is 0.212. The number of hydrogen-bond donors (Lipinski definition) is 1. The zero-order chi connectivity index (χ0) is 12.2. The minimum absolute atomic E-state index is 0.212. The van der Waals surface area contributed by atoms with Gasteiger partial charge in [0.15, 0.2) is 0 Å². The van der Waals surface area contributed by atoms with Gasteiger partial charge < -0.3 is 5.32 Å². The van der Waals surface area contributed by atoms with E-state index < -0.39 is 0 Å². The van der Waals surface area contributed by atoms with Gasteiger partial charge in [0.05, 0.1) is 0 Å². The van der Waals surface area contributed by atoms with Crippen LogP contribution in [0.5, 0.6) is 0 Å². The van der Waals surface area contributed by atoms with Crippen LogP contribution in [0.25, 0.3) is 0 Å². The number of unbranched alkanes of at least 4 members (excludes halogenated alkanes) is 3. The molecule has 0 fully saturated rings. The van der Waals surface area contributed by atoms with Gasteiger partial charge in [-0.25, -0.2) is 0 Å². The molecular formula is C13H27NOS. The van der Waals surface area contributed by atoms with Crippen molar-refractivity contribution in [3.8, 4) is 0 Å². The molecule has 0 aromatic heterocycles. The van der Waals surface area contributed by atoms with E-state index in [9.17, 15) is 4.79 Å². The molecule has 0 spiro atoms. The Balaban J connectivity index is 3.39. The molecule has 0 rings (SSSR count). The van der Waals surface area contributed by atoms with E-state index in [4.69, 9.17) is 0 Å². The molecule has 1 atom stereocenters. The predicted octanol–water partition coefficient (Wildman–Crippen LogP) is 3.60. The van der Waals surface area contributed by atoms with Crippen LogP contribution in [0, 0.1) is 0 Å². The predicted molar refractivity (Wildman–Crippen MR) is 74.0 cm³/mol. The molecule has 0 radical (unpaired) electrons. The van der Waals surface area contributed by atoms with E-state index in [2.05, 4.69) is 26.1 Å². The first kappa shape index (κ1) is 15.8. The highest BCUT2D eigenvalue weighted by atomic mass is 32.2. The zero-order valence-corrected chi connectivity index (χ0v) is 11.9. The Kier molecular flexibility index (Phi) is 11.2. The topological polar surface area (TPSA) is 29.1 Å². The summed E-state index contributed by atoms with van der Waals surface area (Å²) in [6.07, 6.45) is 6.90. The lowest BCUT2D eigenvalue weighted by Gasteiger charge is -2.13. The van der Waals surface area contributed by atoms with Crippen LogP contribution in [0.1, 0.15) is 59.3 Å². The first-order valence-corrected chi connectivity index (χ1v) is 7.73. The van der Waals surface area contributed by atoms with Crippen LogP contribution in [0.15, 0.2) is 0 Å². The van der Waals surface area contributed by atoms with Crippen molar-refractivity contribution in [3.63, 3.8) is 0 Å². The maximum atomic E-state index is 11.5. The van der Waals surface area contributed by atoms with Gasteiger partial charge in [-0.05, 0) is 19.1 Å². The number of carbonyl (C=O) groups is 1. The lowest BCUT2D eigenvalue weighted by Crippen LogP contribution is -2.32. The molecule has 0 aliphatic rings. The number of amides is 1. The molecule has 16 heavy (non-hydrogen) atoms. The summed E-state index contributed by atoms with van der Waals surface area (Å²) in [6.45, 7) is 6.45. The van der Waals surface area contributed by atoms with Crippen LogP contribution >= 0.6 is 11.8 Å². The standard InChI is InChI=1S/C13H27NOS/c1-4-6-7-8-9-12(3)14-13(15)10-11-16-5-2/h12H,4-11H2,1-3H3,(H,14,15). The molecule has 0 saturated carbocycles. The van der Waals surface area contributed by atoms with Crippen molar-refractivity contribution in [2.75, 3.05) is 11.5 Å². The molecule has 0 saturated heterocycles. The third kappa shape index (κ3) is 10.3. The van der Waals surface area contributed by atoms with Gasteiger partial charge in [0.25, 0.3) is 0 Å². The fourth-order valence-electron chi connectivity index (χ4n) is 1.61. The number of thioether (sulfide) groups is 1. The monoisotopic (exact) mass is 245 g/mol. The summed E-state index contributed by atoms with van der Waals surface area (Å²) >= 11 is 1.83. The Labute approximate surface area is 105 Å². The van der Waals surface area contributed by atoms with E-state index in [1.165, 1.54) is 25.7 Å². The summed E-state index contributed by atoms with van der Waals surface area (Å²) in [5.41, 5.74) is 0. The number of nitrogens with one attached hydrogen (secondary N) is 1. The highest BCUT2D eigenvalue weighted by Crippen LogP contribution is 2.06. The van der Waals surface area contributed by atoms with Crippen molar-refractivity contribution >= 4 is 17.7 Å². The normalized spacial score (nSPS) is 12.4. The fourth-order valence-corrected chi connectivity index (χ4v) is 2.22. The number of hydrogen-bond acceptors (Lipinski definition) is 2. The maximum Gasteiger partial charge on any atom is 0.221 e. The molecular weight excluding hydrogens is 218 g/mol. The summed E-state index contributed by atoms with van der Waals surface area (Å²) in [7, 11) is 0. The van der Waals surface area contributed by atoms with Crippen LogP contribution in [0.2, 0.25) is 0 Å². The van der Waals surface area contributed by atoms with Gasteiger partial charge in [-0.2, -0.15) is 11.8 Å². The number of carbonyl (C=O) groups excluding carboxylic acids is 1. The molecule has 0 aromatic carbocycles. The molecule has 0 aliphatic heterocycles. The quantitative estimate of drug-likeness (QED) is 0.596. The minimum Gasteiger partial charge on any atom is -0.354 e. The Morgan fingerprint density at radius 2 is 2.00 bits per heavy atom. The van der Waals surface area contributed by atoms with E-state index >= 15 is 0 Å². The SMILES string of the molecule is CCCCCCC(C)NC(=O)CCSCC. The summed E-state index contributed by atoms with van der Waals surface area (Å²) in [5.74, 6) is 2.26. The van der Waals surface area contributed by atoms with Gasteiger partial charge in [-0.15, -0.1) is 0 Å². The zero-order valence-electron chi connectivity index (χ0n) is 11.1. The number of rotatable bonds is 10. The Morgan fingerprint density at radius 3 is 2.62 bits per heavy atom. The van der Waals surface area contributed by atoms with E-state index in [0.29, 0.717) is 12.5 Å². The molecule has 1 amide bonds. The molecule has 0 heterocycles. The lowest BCUT2D eigenvalue weighted by atomic mass is 10.1. The summed E-state index contributed by atoms with van der Waals surface area (Å²) in [6, 6.07) is 0.344. The molecule has 2 nitrogen and oxygen atoms in total. The third-order valence-electron chi connectivity index (χ3n) is 2.58. The first-order valence-electron chi connectivity index (χ1n) is 6.57. The van der Waals surface area contributed by atoms with Crippen LogP contribution in [0.4, 0.5) is 0 Å². The third-order valence-corrected chi connectivity index (χ3v) is 3.48. The van der Waals surface area contributed by atoms with Gasteiger partial charge in [0.1, 0.15) is 0 Å². The summed E-state index contributed by atoms with van der Waals surface area (Å²) in [5, 5.41) is 3.06. The molecule has 0 aliphatic carbocycles. The lowest BCUT2D eigenvalue weighted by molar-refractivity contribution is -0.121. The molecule has 1 N–H and O–H groups in total. The summed E-state index contributed by atoms with van der Waals surface area (Å²) < 4.78 is 0. The van der Waals surface area contributed by atoms with E-state index in [0.717, 1.165) is 17.9 Å². The van der Waals surface area contributed by atoms with E-state index in [1.54, 1.807) is 0 Å². The average molecular weight is 245 g/mol. The molecule has 1 unspecified atom stereocenters. The van der Waals surface area contributed by atoms with Crippen molar-refractivity contribution < 1.29 is 4.79 Å². The van der Waals surface area contributed by atoms with Crippen LogP contribution in [-0.2, 0) is 4.79 Å².